The first kappa shape index (κ1) is 21.8. The number of carboxylic acids is 1. The third-order valence-corrected chi connectivity index (χ3v) is 4.83. The monoisotopic (exact) mass is 415 g/mol. The van der Waals surface area contributed by atoms with E-state index in [-0.39, 0.29) is 5.56 Å². The summed E-state index contributed by atoms with van der Waals surface area (Å²) in [6.45, 7) is 2.78. The summed E-state index contributed by atoms with van der Waals surface area (Å²) in [6, 6.07) is 20.3. The normalized spacial score (nSPS) is 10.9. The highest BCUT2D eigenvalue weighted by atomic mass is 16.5. The summed E-state index contributed by atoms with van der Waals surface area (Å²) in [5.41, 5.74) is 9.80. The molecule has 0 aliphatic heterocycles. The Labute approximate surface area is 181 Å². The van der Waals surface area contributed by atoms with Crippen molar-refractivity contribution >= 4 is 18.0 Å². The first-order valence-electron chi connectivity index (χ1n) is 10.2. The van der Waals surface area contributed by atoms with Crippen molar-refractivity contribution in [2.75, 3.05) is 6.61 Å². The Kier molecular flexibility index (Phi) is 7.22. The molecular formula is C26H25NO4. The molecule has 0 aliphatic carbocycles. The lowest BCUT2D eigenvalue weighted by atomic mass is 9.94. The number of hydrogen-bond donors (Lipinski definition) is 2. The van der Waals surface area contributed by atoms with Crippen LogP contribution in [0.1, 0.15) is 35.7 Å². The molecule has 0 heterocycles. The summed E-state index contributed by atoms with van der Waals surface area (Å²) in [5.74, 6) is -0.734. The van der Waals surface area contributed by atoms with Crippen molar-refractivity contribution in [3.05, 3.63) is 83.9 Å². The van der Waals surface area contributed by atoms with Gasteiger partial charge in [0.2, 0.25) is 5.91 Å². The molecule has 3 N–H and O–H groups in total. The number of hydrogen-bond acceptors (Lipinski definition) is 3. The van der Waals surface area contributed by atoms with Gasteiger partial charge in [-0.2, -0.15) is 0 Å². The number of primary amides is 1. The molecule has 5 heteroatoms. The van der Waals surface area contributed by atoms with Crippen molar-refractivity contribution in [3.63, 3.8) is 0 Å². The standard InChI is InChI=1S/C26H25NO4/c1-2-3-14-31-23-9-5-7-20(17-23)24-12-10-19(15-21(24)11-13-25(27)28)18-6-4-8-22(16-18)26(29)30/h4-13,15-17H,2-3,14H2,1H3,(H2,27,28)(H,29,30)/b13-11+. The van der Waals surface area contributed by atoms with Gasteiger partial charge in [-0.15, -0.1) is 0 Å². The van der Waals surface area contributed by atoms with Crippen molar-refractivity contribution in [3.8, 4) is 28.0 Å². The highest BCUT2D eigenvalue weighted by molar-refractivity contribution is 5.93. The van der Waals surface area contributed by atoms with Gasteiger partial charge < -0.3 is 15.6 Å². The summed E-state index contributed by atoms with van der Waals surface area (Å²) in [4.78, 5) is 22.7. The molecule has 0 fully saturated rings. The van der Waals surface area contributed by atoms with Gasteiger partial charge >= 0.3 is 5.97 Å². The zero-order chi connectivity index (χ0) is 22.2. The van der Waals surface area contributed by atoms with Crippen LogP contribution in [0, 0.1) is 0 Å². The van der Waals surface area contributed by atoms with Crippen molar-refractivity contribution in [2.24, 2.45) is 5.73 Å². The lowest BCUT2D eigenvalue weighted by molar-refractivity contribution is -0.113. The number of unbranched alkanes of at least 4 members (excludes halogenated alkanes) is 1. The predicted octanol–water partition coefficient (Wildman–Crippen LogP) is 5.40. The average Bonchev–Trinajstić information content (AvgIpc) is 2.78. The predicted molar refractivity (Wildman–Crippen MR) is 123 cm³/mol. The quantitative estimate of drug-likeness (QED) is 0.362. The zero-order valence-electron chi connectivity index (χ0n) is 17.4. The van der Waals surface area contributed by atoms with Gasteiger partial charge in [0.25, 0.3) is 0 Å². The summed E-state index contributed by atoms with van der Waals surface area (Å²) < 4.78 is 5.83. The lowest BCUT2D eigenvalue weighted by Gasteiger charge is -2.12. The van der Waals surface area contributed by atoms with Crippen LogP contribution in [0.2, 0.25) is 0 Å². The molecule has 1 amide bonds. The minimum atomic E-state index is -0.979. The number of carbonyl (C=O) groups excluding carboxylic acids is 1. The van der Waals surface area contributed by atoms with Crippen LogP contribution in [-0.4, -0.2) is 23.6 Å². The number of aromatic carboxylic acids is 1. The van der Waals surface area contributed by atoms with Gasteiger partial charge in [-0.25, -0.2) is 4.79 Å². The maximum absolute atomic E-state index is 11.3. The second kappa shape index (κ2) is 10.3. The topological polar surface area (TPSA) is 89.6 Å². The van der Waals surface area contributed by atoms with Crippen LogP contribution in [0.25, 0.3) is 28.3 Å². The van der Waals surface area contributed by atoms with E-state index in [1.165, 1.54) is 6.08 Å². The fourth-order valence-corrected chi connectivity index (χ4v) is 3.23. The minimum absolute atomic E-state index is 0.215. The maximum atomic E-state index is 11.3. The second-order valence-electron chi connectivity index (χ2n) is 7.15. The van der Waals surface area contributed by atoms with Crippen molar-refractivity contribution in [1.82, 2.24) is 0 Å². The molecule has 5 nitrogen and oxygen atoms in total. The molecule has 158 valence electrons. The molecule has 3 aromatic rings. The molecule has 0 unspecified atom stereocenters. The van der Waals surface area contributed by atoms with Gasteiger partial charge in [0, 0.05) is 6.08 Å². The summed E-state index contributed by atoms with van der Waals surface area (Å²) in [6.07, 6.45) is 5.04. The van der Waals surface area contributed by atoms with Crippen LogP contribution in [0.4, 0.5) is 0 Å². The van der Waals surface area contributed by atoms with Crippen LogP contribution in [0.5, 0.6) is 5.75 Å². The number of ether oxygens (including phenoxy) is 1. The Morgan fingerprint density at radius 3 is 2.45 bits per heavy atom. The molecule has 0 saturated heterocycles. The van der Waals surface area contributed by atoms with Crippen LogP contribution in [-0.2, 0) is 4.79 Å². The SMILES string of the molecule is CCCCOc1cccc(-c2ccc(-c3cccc(C(=O)O)c3)cc2/C=C/C(N)=O)c1. The molecule has 0 atom stereocenters. The highest BCUT2D eigenvalue weighted by Crippen LogP contribution is 2.32. The molecule has 0 spiro atoms. The highest BCUT2D eigenvalue weighted by Gasteiger charge is 2.10. The first-order chi connectivity index (χ1) is 15.0. The zero-order valence-corrected chi connectivity index (χ0v) is 17.4. The van der Waals surface area contributed by atoms with E-state index in [0.717, 1.165) is 46.4 Å². The van der Waals surface area contributed by atoms with Crippen molar-refractivity contribution in [1.29, 1.82) is 0 Å². The summed E-state index contributed by atoms with van der Waals surface area (Å²) in [5, 5.41) is 9.28. The van der Waals surface area contributed by atoms with Crippen molar-refractivity contribution < 1.29 is 19.4 Å². The minimum Gasteiger partial charge on any atom is -0.494 e. The third kappa shape index (κ3) is 5.82. The van der Waals surface area contributed by atoms with E-state index >= 15 is 0 Å². The fourth-order valence-electron chi connectivity index (χ4n) is 3.23. The van der Waals surface area contributed by atoms with E-state index in [9.17, 15) is 14.7 Å². The van der Waals surface area contributed by atoms with Gasteiger partial charge in [-0.1, -0.05) is 49.7 Å². The van der Waals surface area contributed by atoms with Crippen LogP contribution in [0.3, 0.4) is 0 Å². The Morgan fingerprint density at radius 2 is 1.71 bits per heavy atom. The molecule has 3 aromatic carbocycles. The van der Waals surface area contributed by atoms with Crippen LogP contribution < -0.4 is 10.5 Å². The van der Waals surface area contributed by atoms with Gasteiger partial charge in [0.15, 0.2) is 0 Å². The smallest absolute Gasteiger partial charge is 0.335 e. The van der Waals surface area contributed by atoms with Crippen molar-refractivity contribution in [2.45, 2.75) is 19.8 Å². The third-order valence-electron chi connectivity index (χ3n) is 4.83. The Balaban J connectivity index is 2.03. The number of carboxylic acid groups (broad SMARTS) is 1. The fraction of sp³-hybridized carbons (Fsp3) is 0.154. The number of carbonyl (C=O) groups is 2. The molecule has 0 aromatic heterocycles. The van der Waals surface area contributed by atoms with E-state index < -0.39 is 11.9 Å². The molecule has 0 bridgehead atoms. The van der Waals surface area contributed by atoms with E-state index in [4.69, 9.17) is 10.5 Å². The number of rotatable bonds is 9. The molecular weight excluding hydrogens is 390 g/mol. The number of amides is 1. The van der Waals surface area contributed by atoms with Crippen LogP contribution in [0.15, 0.2) is 72.8 Å². The maximum Gasteiger partial charge on any atom is 0.335 e. The Morgan fingerprint density at radius 1 is 0.968 bits per heavy atom. The van der Waals surface area contributed by atoms with E-state index in [1.54, 1.807) is 24.3 Å². The number of nitrogens with two attached hydrogens (primary N) is 1. The Bertz CT molecular complexity index is 1120. The molecule has 31 heavy (non-hydrogen) atoms. The van der Waals surface area contributed by atoms with Gasteiger partial charge in [-0.3, -0.25) is 4.79 Å². The molecule has 0 aliphatic rings. The van der Waals surface area contributed by atoms with Gasteiger partial charge in [-0.05, 0) is 70.6 Å². The van der Waals surface area contributed by atoms with Crippen LogP contribution >= 0.6 is 0 Å². The largest absolute Gasteiger partial charge is 0.494 e. The lowest BCUT2D eigenvalue weighted by Crippen LogP contribution is -2.05. The molecule has 3 rings (SSSR count). The number of benzene rings is 3. The summed E-state index contributed by atoms with van der Waals surface area (Å²) in [7, 11) is 0. The van der Waals surface area contributed by atoms with Gasteiger partial charge in [0.1, 0.15) is 5.75 Å². The first-order valence-corrected chi connectivity index (χ1v) is 10.2. The van der Waals surface area contributed by atoms with Gasteiger partial charge in [0.05, 0.1) is 12.2 Å². The van der Waals surface area contributed by atoms with E-state index in [1.807, 2.05) is 48.5 Å². The molecule has 0 radical (unpaired) electrons. The average molecular weight is 415 g/mol. The second-order valence-corrected chi connectivity index (χ2v) is 7.15. The Hall–Kier alpha value is -3.86. The molecule has 0 saturated carbocycles. The van der Waals surface area contributed by atoms with E-state index in [0.29, 0.717) is 6.61 Å². The van der Waals surface area contributed by atoms with E-state index in [2.05, 4.69) is 6.92 Å². The summed E-state index contributed by atoms with van der Waals surface area (Å²) >= 11 is 0.